The van der Waals surface area contributed by atoms with Gasteiger partial charge in [0.15, 0.2) is 0 Å². The Kier molecular flexibility index (Phi) is 5.40. The maximum atomic E-state index is 12.5. The molecule has 0 heterocycles. The third kappa shape index (κ3) is 4.07. The van der Waals surface area contributed by atoms with Crippen LogP contribution in [0.15, 0.2) is 30.3 Å². The number of carbonyl (C=O) groups excluding carboxylic acids is 1. The third-order valence-corrected chi connectivity index (χ3v) is 4.79. The molecule has 0 radical (unpaired) electrons. The Morgan fingerprint density at radius 2 is 1.90 bits per heavy atom. The predicted octanol–water partition coefficient (Wildman–Crippen LogP) is 3.26. The first kappa shape index (κ1) is 16.0. The number of amides is 1. The molecule has 21 heavy (non-hydrogen) atoms. The number of rotatable bonds is 4. The van der Waals surface area contributed by atoms with Crippen LogP contribution in [-0.2, 0) is 4.79 Å². The molecule has 1 amide bonds. The molecular formula is C18H28N2O. The fourth-order valence-corrected chi connectivity index (χ4v) is 3.45. The van der Waals surface area contributed by atoms with Crippen molar-refractivity contribution in [1.82, 2.24) is 5.32 Å². The summed E-state index contributed by atoms with van der Waals surface area (Å²) in [4.78, 5) is 12.5. The van der Waals surface area contributed by atoms with Crippen LogP contribution < -0.4 is 11.1 Å². The molecule has 2 rings (SSSR count). The molecule has 3 heteroatoms. The van der Waals surface area contributed by atoms with Crippen molar-refractivity contribution in [3.8, 4) is 0 Å². The third-order valence-electron chi connectivity index (χ3n) is 4.79. The highest BCUT2D eigenvalue weighted by atomic mass is 16.2. The van der Waals surface area contributed by atoms with E-state index >= 15 is 0 Å². The fourth-order valence-electron chi connectivity index (χ4n) is 3.45. The zero-order valence-corrected chi connectivity index (χ0v) is 13.4. The highest BCUT2D eigenvalue weighted by Crippen LogP contribution is 2.33. The monoisotopic (exact) mass is 288 g/mol. The molecular weight excluding hydrogens is 260 g/mol. The van der Waals surface area contributed by atoms with Gasteiger partial charge in [0, 0.05) is 6.04 Å². The van der Waals surface area contributed by atoms with Crippen molar-refractivity contribution in [1.29, 1.82) is 0 Å². The second kappa shape index (κ2) is 7.08. The smallest absolute Gasteiger partial charge is 0.241 e. The summed E-state index contributed by atoms with van der Waals surface area (Å²) in [6, 6.07) is 9.28. The summed E-state index contributed by atoms with van der Waals surface area (Å²) in [5.74, 6) is 1.79. The van der Waals surface area contributed by atoms with Gasteiger partial charge in [-0.05, 0) is 36.2 Å². The summed E-state index contributed by atoms with van der Waals surface area (Å²) in [5.41, 5.74) is 6.97. The van der Waals surface area contributed by atoms with Gasteiger partial charge in [-0.25, -0.2) is 0 Å². The number of nitrogens with two attached hydrogens (primary N) is 1. The maximum Gasteiger partial charge on any atom is 0.241 e. The Morgan fingerprint density at radius 1 is 1.24 bits per heavy atom. The maximum absolute atomic E-state index is 12.5. The first-order valence-electron chi connectivity index (χ1n) is 8.10. The van der Waals surface area contributed by atoms with Gasteiger partial charge in [0.2, 0.25) is 5.91 Å². The zero-order valence-electron chi connectivity index (χ0n) is 13.4. The van der Waals surface area contributed by atoms with E-state index in [1.807, 2.05) is 30.3 Å². The van der Waals surface area contributed by atoms with E-state index in [-0.39, 0.29) is 11.9 Å². The van der Waals surface area contributed by atoms with E-state index < -0.39 is 6.04 Å². The quantitative estimate of drug-likeness (QED) is 0.893. The van der Waals surface area contributed by atoms with Crippen molar-refractivity contribution < 1.29 is 4.79 Å². The lowest BCUT2D eigenvalue weighted by Crippen LogP contribution is -2.48. The lowest BCUT2D eigenvalue weighted by Gasteiger charge is -2.38. The highest BCUT2D eigenvalue weighted by molar-refractivity contribution is 5.83. The molecule has 0 bridgehead atoms. The zero-order chi connectivity index (χ0) is 15.4. The molecule has 1 aliphatic carbocycles. The van der Waals surface area contributed by atoms with E-state index in [1.165, 1.54) is 12.8 Å². The SMILES string of the molecule is CC1CCC(C(C)C)C(NC(=O)C(N)c2ccccc2)C1. The van der Waals surface area contributed by atoms with E-state index in [9.17, 15) is 4.79 Å². The van der Waals surface area contributed by atoms with Crippen LogP contribution in [0.1, 0.15) is 51.6 Å². The molecule has 3 nitrogen and oxygen atoms in total. The van der Waals surface area contributed by atoms with Crippen molar-refractivity contribution in [3.63, 3.8) is 0 Å². The Hall–Kier alpha value is -1.35. The molecule has 116 valence electrons. The van der Waals surface area contributed by atoms with Crippen molar-refractivity contribution in [2.45, 2.75) is 52.1 Å². The van der Waals surface area contributed by atoms with Gasteiger partial charge in [0.05, 0.1) is 0 Å². The van der Waals surface area contributed by atoms with Gasteiger partial charge in [0.25, 0.3) is 0 Å². The number of hydrogen-bond acceptors (Lipinski definition) is 2. The predicted molar refractivity (Wildman–Crippen MR) is 86.6 cm³/mol. The molecule has 0 spiro atoms. The van der Waals surface area contributed by atoms with E-state index in [1.54, 1.807) is 0 Å². The molecule has 1 aliphatic rings. The summed E-state index contributed by atoms with van der Waals surface area (Å²) in [5, 5.41) is 3.22. The molecule has 1 saturated carbocycles. The Morgan fingerprint density at radius 3 is 2.52 bits per heavy atom. The normalized spacial score (nSPS) is 27.4. The van der Waals surface area contributed by atoms with Gasteiger partial charge in [-0.3, -0.25) is 4.79 Å². The van der Waals surface area contributed by atoms with E-state index in [4.69, 9.17) is 5.73 Å². The van der Waals surface area contributed by atoms with Crippen molar-refractivity contribution in [3.05, 3.63) is 35.9 Å². The van der Waals surface area contributed by atoms with E-state index in [0.717, 1.165) is 12.0 Å². The number of nitrogens with one attached hydrogen (secondary N) is 1. The van der Waals surface area contributed by atoms with Gasteiger partial charge in [-0.1, -0.05) is 57.5 Å². The van der Waals surface area contributed by atoms with Gasteiger partial charge in [-0.2, -0.15) is 0 Å². The summed E-state index contributed by atoms with van der Waals surface area (Å²) >= 11 is 0. The molecule has 3 N–H and O–H groups in total. The fraction of sp³-hybridized carbons (Fsp3) is 0.611. The van der Waals surface area contributed by atoms with Gasteiger partial charge in [0.1, 0.15) is 6.04 Å². The summed E-state index contributed by atoms with van der Waals surface area (Å²) in [7, 11) is 0. The Labute approximate surface area is 128 Å². The minimum absolute atomic E-state index is 0.0500. The van der Waals surface area contributed by atoms with Gasteiger partial charge in [-0.15, -0.1) is 0 Å². The van der Waals surface area contributed by atoms with Crippen molar-refractivity contribution >= 4 is 5.91 Å². The number of hydrogen-bond donors (Lipinski definition) is 2. The number of carbonyl (C=O) groups is 1. The molecule has 0 aliphatic heterocycles. The minimum atomic E-state index is -0.573. The van der Waals surface area contributed by atoms with Crippen molar-refractivity contribution in [2.24, 2.45) is 23.5 Å². The van der Waals surface area contributed by atoms with Crippen molar-refractivity contribution in [2.75, 3.05) is 0 Å². The minimum Gasteiger partial charge on any atom is -0.351 e. The molecule has 0 aromatic heterocycles. The molecule has 1 fully saturated rings. The largest absolute Gasteiger partial charge is 0.351 e. The average Bonchev–Trinajstić information content (AvgIpc) is 2.47. The second-order valence-electron chi connectivity index (χ2n) is 6.83. The van der Waals surface area contributed by atoms with Gasteiger partial charge >= 0.3 is 0 Å². The van der Waals surface area contributed by atoms with Crippen LogP contribution in [0.5, 0.6) is 0 Å². The van der Waals surface area contributed by atoms with Crippen LogP contribution in [0.4, 0.5) is 0 Å². The van der Waals surface area contributed by atoms with Crippen LogP contribution in [0.3, 0.4) is 0 Å². The van der Waals surface area contributed by atoms with Crippen LogP contribution in [0, 0.1) is 17.8 Å². The molecule has 4 atom stereocenters. The molecule has 0 saturated heterocycles. The average molecular weight is 288 g/mol. The Bertz CT molecular complexity index is 458. The molecule has 4 unspecified atom stereocenters. The topological polar surface area (TPSA) is 55.1 Å². The van der Waals surface area contributed by atoms with Crippen LogP contribution in [0.2, 0.25) is 0 Å². The summed E-state index contributed by atoms with van der Waals surface area (Å²) in [6.07, 6.45) is 3.53. The Balaban J connectivity index is 2.02. The molecule has 1 aromatic carbocycles. The van der Waals surface area contributed by atoms with Crippen LogP contribution >= 0.6 is 0 Å². The first-order valence-corrected chi connectivity index (χ1v) is 8.10. The second-order valence-corrected chi connectivity index (χ2v) is 6.83. The molecule has 1 aromatic rings. The van der Waals surface area contributed by atoms with Gasteiger partial charge < -0.3 is 11.1 Å². The first-order chi connectivity index (χ1) is 9.99. The number of benzene rings is 1. The standard InChI is InChI=1S/C18H28N2O/c1-12(2)15-10-9-13(3)11-16(15)20-18(21)17(19)14-7-5-4-6-8-14/h4-8,12-13,15-17H,9-11,19H2,1-3H3,(H,20,21). The van der Waals surface area contributed by atoms with E-state index in [2.05, 4.69) is 26.1 Å². The van der Waals surface area contributed by atoms with E-state index in [0.29, 0.717) is 17.8 Å². The summed E-state index contributed by atoms with van der Waals surface area (Å²) < 4.78 is 0. The summed E-state index contributed by atoms with van der Waals surface area (Å²) in [6.45, 7) is 6.76. The highest BCUT2D eigenvalue weighted by Gasteiger charge is 2.32. The lowest BCUT2D eigenvalue weighted by atomic mass is 9.74. The van der Waals surface area contributed by atoms with Crippen LogP contribution in [-0.4, -0.2) is 11.9 Å². The lowest BCUT2D eigenvalue weighted by molar-refractivity contribution is -0.124. The van der Waals surface area contributed by atoms with Crippen LogP contribution in [0.25, 0.3) is 0 Å².